The molecule has 3 amide bonds. The van der Waals surface area contributed by atoms with Gasteiger partial charge >= 0.3 is 12.0 Å². The van der Waals surface area contributed by atoms with Crippen LogP contribution < -0.4 is 15.4 Å². The summed E-state index contributed by atoms with van der Waals surface area (Å²) in [7, 11) is 0. The number of carbonyl (C=O) groups excluding carboxylic acids is 3. The van der Waals surface area contributed by atoms with Crippen LogP contribution in [0, 0.1) is 0 Å². The second-order valence-corrected chi connectivity index (χ2v) is 4.93. The zero-order valence-corrected chi connectivity index (χ0v) is 13.7. The van der Waals surface area contributed by atoms with Gasteiger partial charge in [0.15, 0.2) is 6.61 Å². The first-order chi connectivity index (χ1) is 12.1. The third-order valence-corrected chi connectivity index (χ3v) is 2.97. The minimum absolute atomic E-state index is 0.235. The van der Waals surface area contributed by atoms with E-state index in [1.54, 1.807) is 37.3 Å². The SMILES string of the molecule is CCNC(=O)NC(=O)COC(=O)c1cccc(Oc2ccccc2)c1. The molecule has 0 unspecified atom stereocenters. The molecule has 0 aliphatic rings. The van der Waals surface area contributed by atoms with Crippen LogP contribution in [0.5, 0.6) is 11.5 Å². The van der Waals surface area contributed by atoms with E-state index in [2.05, 4.69) is 5.32 Å². The van der Waals surface area contributed by atoms with Gasteiger partial charge in [-0.05, 0) is 37.3 Å². The van der Waals surface area contributed by atoms with Crippen molar-refractivity contribution in [1.82, 2.24) is 10.6 Å². The highest BCUT2D eigenvalue weighted by atomic mass is 16.5. The topological polar surface area (TPSA) is 93.7 Å². The van der Waals surface area contributed by atoms with Gasteiger partial charge in [-0.1, -0.05) is 24.3 Å². The van der Waals surface area contributed by atoms with Gasteiger partial charge in [0.2, 0.25) is 0 Å². The van der Waals surface area contributed by atoms with Crippen LogP contribution in [0.25, 0.3) is 0 Å². The number of hydrogen-bond acceptors (Lipinski definition) is 5. The van der Waals surface area contributed by atoms with Crippen molar-refractivity contribution in [2.24, 2.45) is 0 Å². The van der Waals surface area contributed by atoms with Crippen LogP contribution >= 0.6 is 0 Å². The number of para-hydroxylation sites is 1. The molecule has 0 fully saturated rings. The minimum Gasteiger partial charge on any atom is -0.457 e. The first kappa shape index (κ1) is 18.0. The Kier molecular flexibility index (Phi) is 6.53. The van der Waals surface area contributed by atoms with Crippen molar-refractivity contribution >= 4 is 17.9 Å². The summed E-state index contributed by atoms with van der Waals surface area (Å²) >= 11 is 0. The van der Waals surface area contributed by atoms with E-state index in [1.807, 2.05) is 23.5 Å². The van der Waals surface area contributed by atoms with E-state index >= 15 is 0 Å². The Morgan fingerprint density at radius 3 is 2.40 bits per heavy atom. The van der Waals surface area contributed by atoms with Gasteiger partial charge in [0.25, 0.3) is 5.91 Å². The first-order valence-electron chi connectivity index (χ1n) is 7.66. The van der Waals surface area contributed by atoms with Crippen molar-refractivity contribution in [3.63, 3.8) is 0 Å². The van der Waals surface area contributed by atoms with Crippen LogP contribution in [0.15, 0.2) is 54.6 Å². The molecular formula is C18H18N2O5. The smallest absolute Gasteiger partial charge is 0.338 e. The second kappa shape index (κ2) is 9.07. The molecule has 0 spiro atoms. The number of ether oxygens (including phenoxy) is 2. The molecule has 0 saturated carbocycles. The second-order valence-electron chi connectivity index (χ2n) is 4.93. The molecule has 0 aliphatic heterocycles. The van der Waals surface area contributed by atoms with E-state index in [0.717, 1.165) is 0 Å². The van der Waals surface area contributed by atoms with E-state index < -0.39 is 24.5 Å². The lowest BCUT2D eigenvalue weighted by molar-refractivity contribution is -0.123. The first-order valence-corrected chi connectivity index (χ1v) is 7.66. The number of carbonyl (C=O) groups is 3. The third kappa shape index (κ3) is 5.98. The predicted octanol–water partition coefficient (Wildman–Crippen LogP) is 2.48. The standard InChI is InChI=1S/C18H18N2O5/c1-2-19-18(23)20-16(21)12-24-17(22)13-7-6-10-15(11-13)25-14-8-4-3-5-9-14/h3-11H,2,12H2,1H3,(H2,19,20,21,23). The Bertz CT molecular complexity index is 746. The number of imide groups is 1. The van der Waals surface area contributed by atoms with Gasteiger partial charge in [0.05, 0.1) is 5.56 Å². The molecule has 0 aliphatic carbocycles. The quantitative estimate of drug-likeness (QED) is 0.787. The molecular weight excluding hydrogens is 324 g/mol. The fraction of sp³-hybridized carbons (Fsp3) is 0.167. The Balaban J connectivity index is 1.90. The van der Waals surface area contributed by atoms with E-state index in [9.17, 15) is 14.4 Å². The van der Waals surface area contributed by atoms with Crippen LogP contribution in [-0.2, 0) is 9.53 Å². The summed E-state index contributed by atoms with van der Waals surface area (Å²) in [4.78, 5) is 34.7. The Hall–Kier alpha value is -3.35. The van der Waals surface area contributed by atoms with Crippen LogP contribution in [0.2, 0.25) is 0 Å². The lowest BCUT2D eigenvalue weighted by Gasteiger charge is -2.08. The molecule has 0 aromatic heterocycles. The van der Waals surface area contributed by atoms with Gasteiger partial charge < -0.3 is 14.8 Å². The lowest BCUT2D eigenvalue weighted by Crippen LogP contribution is -2.41. The molecule has 0 saturated heterocycles. The average Bonchev–Trinajstić information content (AvgIpc) is 2.61. The highest BCUT2D eigenvalue weighted by Gasteiger charge is 2.13. The molecule has 130 valence electrons. The fourth-order valence-electron chi connectivity index (χ4n) is 1.89. The van der Waals surface area contributed by atoms with Gasteiger partial charge in [-0.2, -0.15) is 0 Å². The van der Waals surface area contributed by atoms with Crippen molar-refractivity contribution in [2.75, 3.05) is 13.2 Å². The van der Waals surface area contributed by atoms with E-state index in [0.29, 0.717) is 18.0 Å². The monoisotopic (exact) mass is 342 g/mol. The number of hydrogen-bond donors (Lipinski definition) is 2. The fourth-order valence-corrected chi connectivity index (χ4v) is 1.89. The van der Waals surface area contributed by atoms with Crippen molar-refractivity contribution in [2.45, 2.75) is 6.92 Å². The lowest BCUT2D eigenvalue weighted by atomic mass is 10.2. The van der Waals surface area contributed by atoms with Crippen molar-refractivity contribution in [3.8, 4) is 11.5 Å². The van der Waals surface area contributed by atoms with Crippen molar-refractivity contribution in [1.29, 1.82) is 0 Å². The predicted molar refractivity (Wildman–Crippen MR) is 90.5 cm³/mol. The van der Waals surface area contributed by atoms with Gasteiger partial charge in [-0.15, -0.1) is 0 Å². The molecule has 2 rings (SSSR count). The molecule has 7 nitrogen and oxygen atoms in total. The molecule has 0 atom stereocenters. The summed E-state index contributed by atoms with van der Waals surface area (Å²) in [6.45, 7) is 1.54. The van der Waals surface area contributed by atoms with Gasteiger partial charge in [-0.25, -0.2) is 9.59 Å². The van der Waals surface area contributed by atoms with E-state index in [1.165, 1.54) is 6.07 Å². The van der Waals surface area contributed by atoms with Crippen molar-refractivity contribution in [3.05, 3.63) is 60.2 Å². The highest BCUT2D eigenvalue weighted by molar-refractivity contribution is 5.97. The maximum atomic E-state index is 12.0. The van der Waals surface area contributed by atoms with Gasteiger partial charge in [0.1, 0.15) is 11.5 Å². The summed E-state index contributed by atoms with van der Waals surface area (Å²) in [6, 6.07) is 14.9. The average molecular weight is 342 g/mol. The number of benzene rings is 2. The molecule has 2 aromatic carbocycles. The van der Waals surface area contributed by atoms with Crippen LogP contribution in [0.4, 0.5) is 4.79 Å². The summed E-state index contributed by atoms with van der Waals surface area (Å²) in [6.07, 6.45) is 0. The van der Waals surface area contributed by atoms with Gasteiger partial charge in [0, 0.05) is 6.54 Å². The van der Waals surface area contributed by atoms with E-state index in [-0.39, 0.29) is 5.56 Å². The highest BCUT2D eigenvalue weighted by Crippen LogP contribution is 2.22. The molecule has 2 N–H and O–H groups in total. The number of nitrogens with one attached hydrogen (secondary N) is 2. The third-order valence-electron chi connectivity index (χ3n) is 2.97. The Morgan fingerprint density at radius 1 is 0.960 bits per heavy atom. The zero-order valence-electron chi connectivity index (χ0n) is 13.7. The zero-order chi connectivity index (χ0) is 18.1. The summed E-state index contributed by atoms with van der Waals surface area (Å²) in [5.41, 5.74) is 0.235. The van der Waals surface area contributed by atoms with E-state index in [4.69, 9.17) is 9.47 Å². The number of esters is 1. The molecule has 0 radical (unpaired) electrons. The number of urea groups is 1. The van der Waals surface area contributed by atoms with Crippen LogP contribution in [0.1, 0.15) is 17.3 Å². The van der Waals surface area contributed by atoms with Gasteiger partial charge in [-0.3, -0.25) is 10.1 Å². The van der Waals surface area contributed by atoms with Crippen LogP contribution in [0.3, 0.4) is 0 Å². The summed E-state index contributed by atoms with van der Waals surface area (Å²) in [5, 5.41) is 4.44. The molecule has 25 heavy (non-hydrogen) atoms. The Morgan fingerprint density at radius 2 is 1.68 bits per heavy atom. The largest absolute Gasteiger partial charge is 0.457 e. The van der Waals surface area contributed by atoms with Crippen molar-refractivity contribution < 1.29 is 23.9 Å². The number of amides is 3. The summed E-state index contributed by atoms with van der Waals surface area (Å²) < 4.78 is 10.5. The Labute approximate surface area is 144 Å². The maximum Gasteiger partial charge on any atom is 0.338 e. The normalized spacial score (nSPS) is 9.80. The minimum atomic E-state index is -0.712. The molecule has 2 aromatic rings. The van der Waals surface area contributed by atoms with Crippen LogP contribution in [-0.4, -0.2) is 31.1 Å². The number of rotatable bonds is 6. The molecule has 7 heteroatoms. The molecule has 0 bridgehead atoms. The molecule has 0 heterocycles. The summed E-state index contributed by atoms with van der Waals surface area (Å²) in [5.74, 6) is -0.303. The maximum absolute atomic E-state index is 12.0.